The number of carbonyl (C=O) groups excluding carboxylic acids is 1. The molecule has 13 heavy (non-hydrogen) atoms. The molecule has 6 heteroatoms. The quantitative estimate of drug-likeness (QED) is 0.322. The van der Waals surface area contributed by atoms with E-state index in [1.807, 2.05) is 0 Å². The van der Waals surface area contributed by atoms with Crippen LogP contribution in [0.2, 0.25) is 0 Å². The molecule has 1 aliphatic rings. The van der Waals surface area contributed by atoms with Gasteiger partial charge in [0.25, 0.3) is 0 Å². The predicted octanol–water partition coefficient (Wildman–Crippen LogP) is -2.87. The minimum Gasteiger partial charge on any atom is -0.389 e. The van der Waals surface area contributed by atoms with Crippen LogP contribution in [-0.4, -0.2) is 52.2 Å². The van der Waals surface area contributed by atoms with E-state index in [-0.39, 0.29) is 12.5 Å². The van der Waals surface area contributed by atoms with Crippen molar-refractivity contribution in [2.45, 2.75) is 31.4 Å². The van der Waals surface area contributed by atoms with Crippen LogP contribution in [0.25, 0.3) is 0 Å². The largest absolute Gasteiger partial charge is 0.389 e. The lowest BCUT2D eigenvalue weighted by atomic mass is 10.1. The van der Waals surface area contributed by atoms with Gasteiger partial charge in [-0.15, -0.1) is 0 Å². The third kappa shape index (κ3) is 2.38. The third-order valence-electron chi connectivity index (χ3n) is 2.04. The van der Waals surface area contributed by atoms with E-state index in [1.165, 1.54) is 6.92 Å². The van der Waals surface area contributed by atoms with Crippen LogP contribution < -0.4 is 10.6 Å². The van der Waals surface area contributed by atoms with Gasteiger partial charge in [-0.25, -0.2) is 0 Å². The number of hydrogen-bond donors (Lipinski definition) is 5. The van der Waals surface area contributed by atoms with Crippen LogP contribution in [-0.2, 0) is 4.79 Å². The van der Waals surface area contributed by atoms with Gasteiger partial charge in [-0.05, 0) is 0 Å². The molecule has 76 valence electrons. The summed E-state index contributed by atoms with van der Waals surface area (Å²) < 4.78 is 0. The van der Waals surface area contributed by atoms with Gasteiger partial charge in [-0.1, -0.05) is 0 Å². The van der Waals surface area contributed by atoms with Gasteiger partial charge in [-0.3, -0.25) is 10.1 Å². The van der Waals surface area contributed by atoms with Gasteiger partial charge in [0.05, 0.1) is 6.04 Å². The molecule has 1 saturated heterocycles. The van der Waals surface area contributed by atoms with Crippen molar-refractivity contribution in [1.82, 2.24) is 10.6 Å². The number of hydrogen-bond acceptors (Lipinski definition) is 5. The van der Waals surface area contributed by atoms with Gasteiger partial charge in [0.2, 0.25) is 5.91 Å². The van der Waals surface area contributed by atoms with Crippen LogP contribution in [0.3, 0.4) is 0 Å². The fourth-order valence-corrected chi connectivity index (χ4v) is 1.27. The Hall–Kier alpha value is -0.690. The SMILES string of the molecule is CC(=O)NCC1NC(O)[C@@H](O)C1O. The molecule has 0 aliphatic carbocycles. The molecular weight excluding hydrogens is 176 g/mol. The summed E-state index contributed by atoms with van der Waals surface area (Å²) in [6, 6.07) is -0.506. The maximum absolute atomic E-state index is 10.5. The number of amides is 1. The van der Waals surface area contributed by atoms with Gasteiger partial charge < -0.3 is 20.6 Å². The van der Waals surface area contributed by atoms with E-state index in [0.717, 1.165) is 0 Å². The van der Waals surface area contributed by atoms with Crippen molar-refractivity contribution >= 4 is 5.91 Å². The van der Waals surface area contributed by atoms with Gasteiger partial charge in [0, 0.05) is 13.5 Å². The first-order chi connectivity index (χ1) is 6.02. The third-order valence-corrected chi connectivity index (χ3v) is 2.04. The molecule has 0 spiro atoms. The molecule has 5 N–H and O–H groups in total. The Balaban J connectivity index is 2.40. The maximum Gasteiger partial charge on any atom is 0.216 e. The van der Waals surface area contributed by atoms with Crippen LogP contribution >= 0.6 is 0 Å². The minimum atomic E-state index is -1.20. The first-order valence-corrected chi connectivity index (χ1v) is 4.07. The Kier molecular flexibility index (Phi) is 3.21. The summed E-state index contributed by atoms with van der Waals surface area (Å²) in [4.78, 5) is 10.5. The second-order valence-electron chi connectivity index (χ2n) is 3.14. The van der Waals surface area contributed by atoms with Gasteiger partial charge >= 0.3 is 0 Å². The van der Waals surface area contributed by atoms with E-state index in [0.29, 0.717) is 0 Å². The van der Waals surface area contributed by atoms with E-state index in [2.05, 4.69) is 10.6 Å². The molecule has 1 amide bonds. The molecule has 1 heterocycles. The number of carbonyl (C=O) groups is 1. The summed E-state index contributed by atoms with van der Waals surface area (Å²) in [7, 11) is 0. The summed E-state index contributed by atoms with van der Waals surface area (Å²) >= 11 is 0. The molecule has 1 rings (SSSR count). The average Bonchev–Trinajstić information content (AvgIpc) is 2.29. The van der Waals surface area contributed by atoms with E-state index in [4.69, 9.17) is 10.2 Å². The average molecular weight is 190 g/mol. The fraction of sp³-hybridized carbons (Fsp3) is 0.857. The lowest BCUT2D eigenvalue weighted by Crippen LogP contribution is -2.43. The van der Waals surface area contributed by atoms with Crippen molar-refractivity contribution in [3.05, 3.63) is 0 Å². The monoisotopic (exact) mass is 190 g/mol. The highest BCUT2D eigenvalue weighted by Crippen LogP contribution is 2.11. The Bertz CT molecular complexity index is 199. The second-order valence-corrected chi connectivity index (χ2v) is 3.14. The zero-order valence-electron chi connectivity index (χ0n) is 7.27. The fourth-order valence-electron chi connectivity index (χ4n) is 1.27. The highest BCUT2D eigenvalue weighted by atomic mass is 16.4. The molecule has 0 aromatic rings. The van der Waals surface area contributed by atoms with E-state index in [9.17, 15) is 9.90 Å². The zero-order chi connectivity index (χ0) is 10.0. The molecule has 0 radical (unpaired) electrons. The number of aliphatic hydroxyl groups is 3. The Morgan fingerprint density at radius 3 is 2.38 bits per heavy atom. The Labute approximate surface area is 75.6 Å². The van der Waals surface area contributed by atoms with E-state index >= 15 is 0 Å². The van der Waals surface area contributed by atoms with Crippen molar-refractivity contribution in [2.24, 2.45) is 0 Å². The number of rotatable bonds is 2. The summed E-state index contributed by atoms with van der Waals surface area (Å²) in [5.41, 5.74) is 0. The van der Waals surface area contributed by atoms with E-state index in [1.54, 1.807) is 0 Å². The van der Waals surface area contributed by atoms with Crippen molar-refractivity contribution in [3.8, 4) is 0 Å². The normalized spacial score (nSPS) is 39.1. The molecule has 1 aliphatic heterocycles. The lowest BCUT2D eigenvalue weighted by molar-refractivity contribution is -0.119. The minimum absolute atomic E-state index is 0.185. The van der Waals surface area contributed by atoms with Gasteiger partial charge in [-0.2, -0.15) is 0 Å². The predicted molar refractivity (Wildman–Crippen MR) is 43.6 cm³/mol. The van der Waals surface area contributed by atoms with E-state index < -0.39 is 24.5 Å². The Morgan fingerprint density at radius 1 is 1.38 bits per heavy atom. The standard InChI is InChI=1S/C7H14N2O4/c1-3(10)8-2-4-5(11)6(12)7(13)9-4/h4-7,9,11-13H,2H2,1H3,(H,8,10)/t4?,5?,6-,7?/m0/s1. The molecule has 0 bridgehead atoms. The van der Waals surface area contributed by atoms with Gasteiger partial charge in [0.15, 0.2) is 0 Å². The summed E-state index contributed by atoms with van der Waals surface area (Å²) in [5, 5.41) is 32.5. The van der Waals surface area contributed by atoms with Crippen molar-refractivity contribution in [1.29, 1.82) is 0 Å². The zero-order valence-corrected chi connectivity index (χ0v) is 7.27. The van der Waals surface area contributed by atoms with Crippen molar-refractivity contribution in [3.63, 3.8) is 0 Å². The molecule has 3 unspecified atom stereocenters. The smallest absolute Gasteiger partial charge is 0.216 e. The maximum atomic E-state index is 10.5. The van der Waals surface area contributed by atoms with Crippen molar-refractivity contribution < 1.29 is 20.1 Å². The number of nitrogens with one attached hydrogen (secondary N) is 2. The highest BCUT2D eigenvalue weighted by molar-refractivity contribution is 5.72. The lowest BCUT2D eigenvalue weighted by Gasteiger charge is -2.15. The Morgan fingerprint density at radius 2 is 2.00 bits per heavy atom. The molecule has 1 fully saturated rings. The molecule has 6 nitrogen and oxygen atoms in total. The first kappa shape index (κ1) is 10.4. The van der Waals surface area contributed by atoms with Crippen LogP contribution in [0.15, 0.2) is 0 Å². The summed E-state index contributed by atoms with van der Waals surface area (Å²) in [5.74, 6) is -0.218. The molecule has 0 aromatic carbocycles. The molecule has 4 atom stereocenters. The van der Waals surface area contributed by atoms with Crippen LogP contribution in [0.5, 0.6) is 0 Å². The van der Waals surface area contributed by atoms with Crippen LogP contribution in [0.1, 0.15) is 6.92 Å². The second kappa shape index (κ2) is 4.01. The van der Waals surface area contributed by atoms with Crippen molar-refractivity contribution in [2.75, 3.05) is 6.54 Å². The van der Waals surface area contributed by atoms with Crippen LogP contribution in [0, 0.1) is 0 Å². The molecule has 0 saturated carbocycles. The summed E-state index contributed by atoms with van der Waals surface area (Å²) in [6.07, 6.45) is -3.38. The topological polar surface area (TPSA) is 102 Å². The molecule has 0 aromatic heterocycles. The number of aliphatic hydroxyl groups excluding tert-OH is 3. The summed E-state index contributed by atoms with van der Waals surface area (Å²) in [6.45, 7) is 1.54. The van der Waals surface area contributed by atoms with Gasteiger partial charge in [0.1, 0.15) is 18.4 Å². The van der Waals surface area contributed by atoms with Crippen LogP contribution in [0.4, 0.5) is 0 Å². The molecular formula is C7H14N2O4. The first-order valence-electron chi connectivity index (χ1n) is 4.07. The highest BCUT2D eigenvalue weighted by Gasteiger charge is 2.39.